The minimum atomic E-state index is 1.06. The number of aromatic nitrogens is 2. The van der Waals surface area contributed by atoms with Gasteiger partial charge in [-0.1, -0.05) is 156 Å². The summed E-state index contributed by atoms with van der Waals surface area (Å²) >= 11 is 15.5. The summed E-state index contributed by atoms with van der Waals surface area (Å²) in [5, 5.41) is 2.46. The third-order valence-corrected chi connectivity index (χ3v) is 16.7. The molecule has 0 aliphatic heterocycles. The fourth-order valence-corrected chi connectivity index (χ4v) is 13.5. The molecule has 0 radical (unpaired) electrons. The lowest BCUT2D eigenvalue weighted by atomic mass is 10.0. The van der Waals surface area contributed by atoms with E-state index >= 15 is 0 Å². The van der Waals surface area contributed by atoms with Crippen LogP contribution >= 0.6 is 77.2 Å². The van der Waals surface area contributed by atoms with Crippen LogP contribution in [0.15, 0.2) is 19.7 Å². The van der Waals surface area contributed by atoms with E-state index in [2.05, 4.69) is 71.7 Å². The normalized spacial score (nSPS) is 11.7. The summed E-state index contributed by atoms with van der Waals surface area (Å²) in [6, 6.07) is 4.77. The van der Waals surface area contributed by atoms with Gasteiger partial charge in [0.05, 0.1) is 38.5 Å². The average Bonchev–Trinajstić information content (AvgIpc) is 3.95. The van der Waals surface area contributed by atoms with Crippen LogP contribution in [0.3, 0.4) is 0 Å². The highest BCUT2D eigenvalue weighted by atomic mass is 79.9. The van der Waals surface area contributed by atoms with E-state index in [1.165, 1.54) is 214 Å². The quantitative estimate of drug-likeness (QED) is 0.0470. The molecule has 4 rings (SSSR count). The van der Waals surface area contributed by atoms with Gasteiger partial charge in [0.2, 0.25) is 0 Å². The van der Waals surface area contributed by atoms with Crippen molar-refractivity contribution in [2.24, 2.45) is 0 Å². The van der Waals surface area contributed by atoms with Crippen molar-refractivity contribution in [3.8, 4) is 29.5 Å². The van der Waals surface area contributed by atoms with E-state index in [0.29, 0.717) is 0 Å². The fourth-order valence-electron chi connectivity index (χ4n) is 7.45. The second kappa shape index (κ2) is 27.3. The van der Waals surface area contributed by atoms with Crippen molar-refractivity contribution >= 4 is 77.2 Å². The van der Waals surface area contributed by atoms with Gasteiger partial charge in [-0.3, -0.25) is 0 Å². The van der Waals surface area contributed by atoms with Crippen molar-refractivity contribution in [2.45, 2.75) is 207 Å². The first kappa shape index (κ1) is 46.3. The molecule has 8 heteroatoms. The lowest BCUT2D eigenvalue weighted by molar-refractivity contribution is 0.604. The highest BCUT2D eigenvalue weighted by Crippen LogP contribution is 2.48. The van der Waals surface area contributed by atoms with Gasteiger partial charge in [0.15, 0.2) is 0 Å². The van der Waals surface area contributed by atoms with Crippen molar-refractivity contribution in [1.29, 1.82) is 0 Å². The minimum Gasteiger partial charge on any atom is -0.240 e. The van der Waals surface area contributed by atoms with E-state index in [1.807, 2.05) is 45.3 Å². The largest absolute Gasteiger partial charge is 0.240 e. The summed E-state index contributed by atoms with van der Waals surface area (Å²) in [6.45, 7) is 9.23. The second-order valence-electron chi connectivity index (χ2n) is 15.5. The maximum Gasteiger partial charge on any atom is 0.134 e. The zero-order chi connectivity index (χ0) is 38.4. The Balaban J connectivity index is 1.66. The molecule has 0 aliphatic rings. The molecular weight excluding hydrogens is 869 g/mol. The van der Waals surface area contributed by atoms with Gasteiger partial charge in [-0.25, -0.2) is 9.97 Å². The Kier molecular flexibility index (Phi) is 23.4. The summed E-state index contributed by atoms with van der Waals surface area (Å²) in [5.41, 5.74) is 5.60. The summed E-state index contributed by atoms with van der Waals surface area (Å²) < 4.78 is 2.47. The number of nitrogens with zero attached hydrogens (tertiary/aromatic N) is 2. The smallest absolute Gasteiger partial charge is 0.134 e. The molecule has 0 aliphatic carbocycles. The summed E-state index contributed by atoms with van der Waals surface area (Å²) in [5.74, 6) is 0. The molecule has 0 bridgehead atoms. The fraction of sp³-hybridized carbons (Fsp3) is 0.696. The molecular formula is C46H70Br2N2S4. The lowest BCUT2D eigenvalue weighted by Crippen LogP contribution is -1.93. The first-order valence-electron chi connectivity index (χ1n) is 22.1. The lowest BCUT2D eigenvalue weighted by Gasteiger charge is -2.04. The molecule has 54 heavy (non-hydrogen) atoms. The van der Waals surface area contributed by atoms with Gasteiger partial charge in [0.1, 0.15) is 10.0 Å². The van der Waals surface area contributed by atoms with Gasteiger partial charge in [0.25, 0.3) is 0 Å². The number of unbranched alkanes of at least 4 members (excludes halogenated alkanes) is 20. The number of rotatable bonds is 31. The van der Waals surface area contributed by atoms with Crippen molar-refractivity contribution in [3.05, 3.63) is 42.2 Å². The SMILES string of the molecule is CCCCCCCCc1cc(Br)sc1-c1nc(CCCCCCCC)c(-c2sc(-c3sc(Br)cc3CCCCCCCC)nc2CCCCCCCC)s1. The Bertz CT molecular complexity index is 1460. The van der Waals surface area contributed by atoms with Crippen LogP contribution in [-0.4, -0.2) is 9.97 Å². The maximum absolute atomic E-state index is 5.56. The van der Waals surface area contributed by atoms with E-state index < -0.39 is 0 Å². The molecule has 0 saturated carbocycles. The molecule has 0 fully saturated rings. The molecule has 0 unspecified atom stereocenters. The highest BCUT2D eigenvalue weighted by Gasteiger charge is 2.25. The van der Waals surface area contributed by atoms with Crippen molar-refractivity contribution in [2.75, 3.05) is 0 Å². The van der Waals surface area contributed by atoms with Crippen molar-refractivity contribution in [1.82, 2.24) is 9.97 Å². The Morgan fingerprint density at radius 1 is 0.370 bits per heavy atom. The van der Waals surface area contributed by atoms with Crippen molar-refractivity contribution < 1.29 is 0 Å². The van der Waals surface area contributed by atoms with Crippen LogP contribution in [0.4, 0.5) is 0 Å². The van der Waals surface area contributed by atoms with Crippen LogP contribution in [0.25, 0.3) is 29.5 Å². The van der Waals surface area contributed by atoms with E-state index in [-0.39, 0.29) is 0 Å². The van der Waals surface area contributed by atoms with E-state index in [0.717, 1.165) is 25.7 Å². The second-order valence-corrected chi connectivity index (χ2v) is 22.3. The number of halogens is 2. The highest BCUT2D eigenvalue weighted by molar-refractivity contribution is 9.11. The van der Waals surface area contributed by atoms with Crippen LogP contribution in [0.2, 0.25) is 0 Å². The topological polar surface area (TPSA) is 25.8 Å². The third kappa shape index (κ3) is 15.8. The standard InChI is InChI=1S/C46H70Br2N2S4/c1-5-9-13-17-21-25-29-35-33-39(47)51-41(35)45-49-37(31-27-23-19-15-11-7-3)43(53-45)44-38(32-28-24-20-16-12-8-4)50-46(54-44)42-36(34-40(48)52-42)30-26-22-18-14-10-6-2/h33-34H,5-32H2,1-4H3. The Morgan fingerprint density at radius 3 is 1.00 bits per heavy atom. The summed E-state index contributed by atoms with van der Waals surface area (Å²) in [7, 11) is 0. The maximum atomic E-state index is 5.56. The first-order valence-corrected chi connectivity index (χ1v) is 26.9. The molecule has 2 nitrogen and oxygen atoms in total. The zero-order valence-electron chi connectivity index (χ0n) is 34.2. The first-order chi connectivity index (χ1) is 26.5. The Morgan fingerprint density at radius 2 is 0.667 bits per heavy atom. The van der Waals surface area contributed by atoms with E-state index in [9.17, 15) is 0 Å². The van der Waals surface area contributed by atoms with E-state index in [4.69, 9.17) is 9.97 Å². The molecule has 302 valence electrons. The van der Waals surface area contributed by atoms with Gasteiger partial charge in [0, 0.05) is 0 Å². The Hall–Kier alpha value is -0.380. The Labute approximate surface area is 363 Å². The number of hydrogen-bond acceptors (Lipinski definition) is 6. The number of thiazole rings is 2. The molecule has 0 N–H and O–H groups in total. The summed E-state index contributed by atoms with van der Waals surface area (Å²) in [6.07, 6.45) is 36.1. The predicted molar refractivity (Wildman–Crippen MR) is 254 cm³/mol. The molecule has 4 aromatic rings. The number of hydrogen-bond donors (Lipinski definition) is 0. The van der Waals surface area contributed by atoms with E-state index in [1.54, 1.807) is 0 Å². The van der Waals surface area contributed by atoms with Gasteiger partial charge in [-0.05, 0) is 106 Å². The van der Waals surface area contributed by atoms with Gasteiger partial charge in [-0.15, -0.1) is 45.3 Å². The van der Waals surface area contributed by atoms with Crippen LogP contribution in [0.5, 0.6) is 0 Å². The van der Waals surface area contributed by atoms with Crippen molar-refractivity contribution in [3.63, 3.8) is 0 Å². The molecule has 0 aromatic carbocycles. The third-order valence-electron chi connectivity index (χ3n) is 10.7. The minimum absolute atomic E-state index is 1.06. The zero-order valence-corrected chi connectivity index (χ0v) is 40.7. The predicted octanol–water partition coefficient (Wildman–Crippen LogP) is 18.9. The van der Waals surface area contributed by atoms with Gasteiger partial charge >= 0.3 is 0 Å². The van der Waals surface area contributed by atoms with Crippen LogP contribution in [-0.2, 0) is 25.7 Å². The van der Waals surface area contributed by atoms with Gasteiger partial charge < -0.3 is 0 Å². The molecule has 0 amide bonds. The number of thiophene rings is 2. The summed E-state index contributed by atoms with van der Waals surface area (Å²) in [4.78, 5) is 16.7. The number of aryl methyl sites for hydroxylation is 4. The molecule has 4 heterocycles. The molecule has 0 atom stereocenters. The molecule has 0 spiro atoms. The van der Waals surface area contributed by atoms with Crippen LogP contribution in [0, 0.1) is 0 Å². The average molecular weight is 939 g/mol. The molecule has 0 saturated heterocycles. The van der Waals surface area contributed by atoms with Crippen LogP contribution < -0.4 is 0 Å². The van der Waals surface area contributed by atoms with Gasteiger partial charge in [-0.2, -0.15) is 0 Å². The molecule has 4 aromatic heterocycles. The monoisotopic (exact) mass is 936 g/mol. The van der Waals surface area contributed by atoms with Crippen LogP contribution in [0.1, 0.15) is 204 Å².